The molecule has 0 aliphatic carbocycles. The first-order valence-corrected chi connectivity index (χ1v) is 10.6. The summed E-state index contributed by atoms with van der Waals surface area (Å²) in [6.07, 6.45) is 4.11. The van der Waals surface area contributed by atoms with Gasteiger partial charge in [0.25, 0.3) is 0 Å². The van der Waals surface area contributed by atoms with Gasteiger partial charge in [-0.2, -0.15) is 4.39 Å². The zero-order valence-corrected chi connectivity index (χ0v) is 17.3. The molecule has 0 saturated carbocycles. The fourth-order valence-electron chi connectivity index (χ4n) is 3.49. The van der Waals surface area contributed by atoms with E-state index < -0.39 is 17.9 Å². The van der Waals surface area contributed by atoms with E-state index in [9.17, 15) is 8.78 Å². The third-order valence-corrected chi connectivity index (χ3v) is 5.22. The Morgan fingerprint density at radius 1 is 0.897 bits per heavy atom. The minimum Gasteiger partial charge on any atom is -0.490 e. The quantitative estimate of drug-likeness (QED) is 0.458. The van der Waals surface area contributed by atoms with E-state index in [0.29, 0.717) is 19.8 Å². The molecular formula is C24H30F2O3. The van der Waals surface area contributed by atoms with Gasteiger partial charge >= 0.3 is 0 Å². The van der Waals surface area contributed by atoms with Gasteiger partial charge in [-0.1, -0.05) is 57.4 Å². The average Bonchev–Trinajstić information content (AvgIpc) is 2.75. The van der Waals surface area contributed by atoms with Gasteiger partial charge in [-0.05, 0) is 36.1 Å². The van der Waals surface area contributed by atoms with Crippen molar-refractivity contribution in [2.75, 3.05) is 19.8 Å². The van der Waals surface area contributed by atoms with E-state index >= 15 is 0 Å². The van der Waals surface area contributed by atoms with Gasteiger partial charge in [-0.25, -0.2) is 4.39 Å². The van der Waals surface area contributed by atoms with E-state index in [1.54, 1.807) is 0 Å². The monoisotopic (exact) mass is 404 g/mol. The summed E-state index contributed by atoms with van der Waals surface area (Å²) in [6, 6.07) is 11.4. The normalized spacial score (nSPS) is 19.3. The van der Waals surface area contributed by atoms with Crippen molar-refractivity contribution in [3.8, 4) is 5.75 Å². The minimum atomic E-state index is -0.986. The molecule has 0 N–H and O–H groups in total. The van der Waals surface area contributed by atoms with Crippen LogP contribution in [0.2, 0.25) is 0 Å². The number of benzene rings is 2. The number of hydrogen-bond acceptors (Lipinski definition) is 3. The third-order valence-electron chi connectivity index (χ3n) is 5.22. The molecule has 1 aliphatic heterocycles. The van der Waals surface area contributed by atoms with E-state index in [1.807, 2.05) is 0 Å². The van der Waals surface area contributed by atoms with Crippen LogP contribution in [0.3, 0.4) is 0 Å². The number of rotatable bonds is 9. The summed E-state index contributed by atoms with van der Waals surface area (Å²) in [7, 11) is 0. The van der Waals surface area contributed by atoms with Gasteiger partial charge in [0.05, 0.1) is 19.8 Å². The zero-order chi connectivity index (χ0) is 20.6. The van der Waals surface area contributed by atoms with Gasteiger partial charge in [0.1, 0.15) is 0 Å². The van der Waals surface area contributed by atoms with Crippen LogP contribution in [0.5, 0.6) is 5.75 Å². The first-order chi connectivity index (χ1) is 14.1. The van der Waals surface area contributed by atoms with Crippen LogP contribution in [0, 0.1) is 11.6 Å². The Hall–Kier alpha value is -1.98. The van der Waals surface area contributed by atoms with Crippen molar-refractivity contribution < 1.29 is 23.0 Å². The van der Waals surface area contributed by atoms with Crippen LogP contribution in [0.15, 0.2) is 36.4 Å². The molecule has 0 aromatic heterocycles. The van der Waals surface area contributed by atoms with E-state index in [1.165, 1.54) is 17.7 Å². The maximum absolute atomic E-state index is 14.5. The Morgan fingerprint density at radius 2 is 1.62 bits per heavy atom. The lowest BCUT2D eigenvalue weighted by Gasteiger charge is -2.30. The van der Waals surface area contributed by atoms with Gasteiger partial charge in [-0.15, -0.1) is 0 Å². The molecule has 3 rings (SSSR count). The Morgan fingerprint density at radius 3 is 2.28 bits per heavy atom. The molecule has 2 aromatic rings. The first-order valence-electron chi connectivity index (χ1n) is 10.6. The molecule has 1 fully saturated rings. The van der Waals surface area contributed by atoms with Crippen molar-refractivity contribution in [1.29, 1.82) is 0 Å². The molecule has 0 atom stereocenters. The second-order valence-corrected chi connectivity index (χ2v) is 7.52. The zero-order valence-electron chi connectivity index (χ0n) is 17.3. The summed E-state index contributed by atoms with van der Waals surface area (Å²) in [5.74, 6) is -1.94. The van der Waals surface area contributed by atoms with Crippen molar-refractivity contribution >= 4 is 0 Å². The Labute approximate surface area is 172 Å². The molecule has 1 aliphatic rings. The molecule has 3 nitrogen and oxygen atoms in total. The molecule has 1 saturated heterocycles. The average molecular weight is 404 g/mol. The standard InChI is InChI=1S/C24H30F2O3/c1-3-5-6-14-27-21-13-12-20(22(25)23(21)26)24-28-15-19(16-29-24)18-10-8-17(7-4-2)9-11-18/h8-13,19,24H,3-7,14-16H2,1-2H3. The molecule has 0 bridgehead atoms. The summed E-state index contributed by atoms with van der Waals surface area (Å²) in [5.41, 5.74) is 2.51. The van der Waals surface area contributed by atoms with Crippen molar-refractivity contribution in [1.82, 2.24) is 0 Å². The number of hydrogen-bond donors (Lipinski definition) is 0. The van der Waals surface area contributed by atoms with E-state index in [0.717, 1.165) is 37.7 Å². The summed E-state index contributed by atoms with van der Waals surface area (Å²) < 4.78 is 45.7. The van der Waals surface area contributed by atoms with Crippen LogP contribution in [-0.2, 0) is 15.9 Å². The summed E-state index contributed by atoms with van der Waals surface area (Å²) in [5, 5.41) is 0. The van der Waals surface area contributed by atoms with Gasteiger partial charge in [0.2, 0.25) is 5.82 Å². The fourth-order valence-corrected chi connectivity index (χ4v) is 3.49. The highest BCUT2D eigenvalue weighted by Gasteiger charge is 2.28. The van der Waals surface area contributed by atoms with Crippen molar-refractivity contribution in [2.24, 2.45) is 0 Å². The van der Waals surface area contributed by atoms with E-state index in [2.05, 4.69) is 38.1 Å². The second kappa shape index (κ2) is 10.7. The predicted octanol–water partition coefficient (Wildman–Crippen LogP) is 6.32. The Balaban J connectivity index is 1.59. The predicted molar refractivity (Wildman–Crippen MR) is 109 cm³/mol. The van der Waals surface area contributed by atoms with Crippen LogP contribution < -0.4 is 4.74 Å². The first kappa shape index (κ1) is 21.7. The lowest BCUT2D eigenvalue weighted by atomic mass is 9.97. The van der Waals surface area contributed by atoms with Crippen LogP contribution >= 0.6 is 0 Å². The summed E-state index contributed by atoms with van der Waals surface area (Å²) >= 11 is 0. The fraction of sp³-hybridized carbons (Fsp3) is 0.500. The maximum atomic E-state index is 14.5. The summed E-state index contributed by atoms with van der Waals surface area (Å²) in [6.45, 7) is 5.40. The molecular weight excluding hydrogens is 374 g/mol. The molecule has 5 heteroatoms. The molecule has 2 aromatic carbocycles. The summed E-state index contributed by atoms with van der Waals surface area (Å²) in [4.78, 5) is 0. The molecule has 158 valence electrons. The topological polar surface area (TPSA) is 27.7 Å². The SMILES string of the molecule is CCCCCOc1ccc(C2OCC(c3ccc(CCC)cc3)CO2)c(F)c1F. The maximum Gasteiger partial charge on any atom is 0.201 e. The van der Waals surface area contributed by atoms with Crippen LogP contribution in [0.4, 0.5) is 8.78 Å². The highest BCUT2D eigenvalue weighted by atomic mass is 19.2. The third kappa shape index (κ3) is 5.55. The van der Waals surface area contributed by atoms with E-state index in [-0.39, 0.29) is 17.2 Å². The molecule has 0 spiro atoms. The highest BCUT2D eigenvalue weighted by molar-refractivity contribution is 5.32. The van der Waals surface area contributed by atoms with E-state index in [4.69, 9.17) is 14.2 Å². The van der Waals surface area contributed by atoms with Gasteiger partial charge < -0.3 is 14.2 Å². The number of aryl methyl sites for hydroxylation is 1. The molecule has 0 unspecified atom stereocenters. The lowest BCUT2D eigenvalue weighted by Crippen LogP contribution is -2.26. The van der Waals surface area contributed by atoms with Gasteiger partial charge in [-0.3, -0.25) is 0 Å². The second-order valence-electron chi connectivity index (χ2n) is 7.52. The smallest absolute Gasteiger partial charge is 0.201 e. The number of halogens is 2. The van der Waals surface area contributed by atoms with Crippen molar-refractivity contribution in [3.05, 3.63) is 64.7 Å². The van der Waals surface area contributed by atoms with Gasteiger partial charge in [0, 0.05) is 11.5 Å². The van der Waals surface area contributed by atoms with Crippen molar-refractivity contribution in [2.45, 2.75) is 58.2 Å². The molecule has 29 heavy (non-hydrogen) atoms. The Bertz CT molecular complexity index is 768. The number of unbranched alkanes of at least 4 members (excludes halogenated alkanes) is 2. The lowest BCUT2D eigenvalue weighted by molar-refractivity contribution is -0.193. The molecule has 1 heterocycles. The van der Waals surface area contributed by atoms with Crippen LogP contribution in [-0.4, -0.2) is 19.8 Å². The van der Waals surface area contributed by atoms with Crippen molar-refractivity contribution in [3.63, 3.8) is 0 Å². The molecule has 0 radical (unpaired) electrons. The Kier molecular flexibility index (Phi) is 8.01. The molecule has 0 amide bonds. The van der Waals surface area contributed by atoms with Crippen LogP contribution in [0.25, 0.3) is 0 Å². The van der Waals surface area contributed by atoms with Crippen LogP contribution in [0.1, 0.15) is 68.4 Å². The van der Waals surface area contributed by atoms with Gasteiger partial charge in [0.15, 0.2) is 17.9 Å². The number of ether oxygens (including phenoxy) is 3. The largest absolute Gasteiger partial charge is 0.490 e. The highest BCUT2D eigenvalue weighted by Crippen LogP contribution is 2.34. The minimum absolute atomic E-state index is 0.0665.